The van der Waals surface area contributed by atoms with Crippen LogP contribution < -0.4 is 10.1 Å². The van der Waals surface area contributed by atoms with Crippen molar-refractivity contribution in [2.75, 3.05) is 12.4 Å². The molecule has 0 radical (unpaired) electrons. The van der Waals surface area contributed by atoms with E-state index >= 15 is 0 Å². The largest absolute Gasteiger partial charge is 0.497 e. The van der Waals surface area contributed by atoms with Crippen molar-refractivity contribution in [3.05, 3.63) is 52.5 Å². The number of rotatable bonds is 4. The van der Waals surface area contributed by atoms with Gasteiger partial charge in [-0.1, -0.05) is 22.0 Å². The van der Waals surface area contributed by atoms with E-state index in [9.17, 15) is 4.79 Å². The molecule has 0 unspecified atom stereocenters. The summed E-state index contributed by atoms with van der Waals surface area (Å²) in [5.41, 5.74) is 1.73. The minimum Gasteiger partial charge on any atom is -0.497 e. The summed E-state index contributed by atoms with van der Waals surface area (Å²) in [5.74, 6) is 0.759. The molecule has 116 valence electrons. The molecule has 2 N–H and O–H groups in total. The van der Waals surface area contributed by atoms with Gasteiger partial charge in [0, 0.05) is 15.6 Å². The smallest absolute Gasteiger partial charge is 0.255 e. The molecule has 23 heavy (non-hydrogen) atoms. The van der Waals surface area contributed by atoms with E-state index < -0.39 is 0 Å². The minimum atomic E-state index is -0.254. The lowest BCUT2D eigenvalue weighted by atomic mass is 10.1. The highest BCUT2D eigenvalue weighted by molar-refractivity contribution is 9.10. The first-order valence-corrected chi connectivity index (χ1v) is 7.45. The van der Waals surface area contributed by atoms with Crippen LogP contribution in [-0.2, 0) is 0 Å². The Labute approximate surface area is 140 Å². The van der Waals surface area contributed by atoms with Gasteiger partial charge in [0.15, 0.2) is 0 Å². The molecule has 2 aromatic carbocycles. The summed E-state index contributed by atoms with van der Waals surface area (Å²) >= 11 is 3.40. The van der Waals surface area contributed by atoms with Crippen LogP contribution in [0.1, 0.15) is 10.4 Å². The Morgan fingerprint density at radius 3 is 2.87 bits per heavy atom. The predicted molar refractivity (Wildman–Crippen MR) is 88.3 cm³/mol. The topological polar surface area (TPSA) is 92.8 Å². The van der Waals surface area contributed by atoms with Gasteiger partial charge in [-0.3, -0.25) is 4.79 Å². The molecule has 0 bridgehead atoms. The highest BCUT2D eigenvalue weighted by Crippen LogP contribution is 2.28. The fourth-order valence-electron chi connectivity index (χ4n) is 2.05. The van der Waals surface area contributed by atoms with Crippen LogP contribution in [0.15, 0.2) is 46.9 Å². The molecular weight excluding hydrogens is 362 g/mol. The highest BCUT2D eigenvalue weighted by atomic mass is 79.9. The third-order valence-electron chi connectivity index (χ3n) is 3.15. The first-order chi connectivity index (χ1) is 11.2. The molecule has 0 aliphatic heterocycles. The van der Waals surface area contributed by atoms with Gasteiger partial charge in [0.2, 0.25) is 5.82 Å². The van der Waals surface area contributed by atoms with Crippen molar-refractivity contribution in [3.8, 4) is 17.1 Å². The molecular formula is C15H12BrN5O2. The predicted octanol–water partition coefficient (Wildman–Crippen LogP) is 2.89. The molecule has 1 aromatic heterocycles. The molecule has 7 nitrogen and oxygen atoms in total. The molecule has 1 heterocycles. The second-order valence-corrected chi connectivity index (χ2v) is 5.53. The summed E-state index contributed by atoms with van der Waals surface area (Å²) in [6, 6.07) is 12.3. The second kappa shape index (κ2) is 6.57. The molecule has 3 aromatic rings. The van der Waals surface area contributed by atoms with Crippen molar-refractivity contribution in [2.45, 2.75) is 0 Å². The Morgan fingerprint density at radius 1 is 1.26 bits per heavy atom. The van der Waals surface area contributed by atoms with Gasteiger partial charge in [0.1, 0.15) is 5.75 Å². The van der Waals surface area contributed by atoms with Gasteiger partial charge in [-0.25, -0.2) is 0 Å². The Balaban J connectivity index is 1.92. The van der Waals surface area contributed by atoms with Crippen molar-refractivity contribution in [1.29, 1.82) is 0 Å². The average Bonchev–Trinajstić information content (AvgIpc) is 3.11. The molecule has 8 heteroatoms. The van der Waals surface area contributed by atoms with E-state index in [0.717, 1.165) is 4.47 Å². The van der Waals surface area contributed by atoms with Crippen LogP contribution in [0, 0.1) is 0 Å². The molecule has 0 aliphatic carbocycles. The van der Waals surface area contributed by atoms with Crippen LogP contribution in [0.25, 0.3) is 11.4 Å². The van der Waals surface area contributed by atoms with Gasteiger partial charge in [-0.2, -0.15) is 5.21 Å². The van der Waals surface area contributed by atoms with Crippen molar-refractivity contribution in [2.24, 2.45) is 0 Å². The minimum absolute atomic E-state index is 0.254. The van der Waals surface area contributed by atoms with Crippen LogP contribution in [0.4, 0.5) is 5.69 Å². The van der Waals surface area contributed by atoms with Gasteiger partial charge in [-0.15, -0.1) is 10.2 Å². The number of hydrogen-bond acceptors (Lipinski definition) is 5. The fraction of sp³-hybridized carbons (Fsp3) is 0.0667. The zero-order valence-electron chi connectivity index (χ0n) is 12.1. The lowest BCUT2D eigenvalue weighted by Crippen LogP contribution is -2.12. The zero-order chi connectivity index (χ0) is 16.2. The molecule has 0 saturated carbocycles. The normalized spacial score (nSPS) is 10.3. The maximum atomic E-state index is 12.4. The molecule has 3 rings (SSSR count). The molecule has 1 amide bonds. The Hall–Kier alpha value is -2.74. The van der Waals surface area contributed by atoms with Gasteiger partial charge < -0.3 is 10.1 Å². The monoisotopic (exact) mass is 373 g/mol. The summed E-state index contributed by atoms with van der Waals surface area (Å²) in [7, 11) is 1.56. The molecule has 0 saturated heterocycles. The maximum Gasteiger partial charge on any atom is 0.255 e. The number of benzene rings is 2. The third-order valence-corrected chi connectivity index (χ3v) is 3.64. The lowest BCUT2D eigenvalue weighted by Gasteiger charge is -2.10. The Morgan fingerprint density at radius 2 is 2.13 bits per heavy atom. The first-order valence-electron chi connectivity index (χ1n) is 6.66. The van der Waals surface area contributed by atoms with Gasteiger partial charge in [-0.05, 0) is 41.6 Å². The Bertz CT molecular complexity index is 836. The van der Waals surface area contributed by atoms with Crippen molar-refractivity contribution >= 4 is 27.5 Å². The molecule has 0 aliphatic rings. The fourth-order valence-corrected chi connectivity index (χ4v) is 2.41. The van der Waals surface area contributed by atoms with Gasteiger partial charge >= 0.3 is 0 Å². The van der Waals surface area contributed by atoms with E-state index in [1.54, 1.807) is 37.4 Å². The van der Waals surface area contributed by atoms with E-state index in [1.807, 2.05) is 12.1 Å². The summed E-state index contributed by atoms with van der Waals surface area (Å²) in [5, 5.41) is 16.7. The number of halogens is 1. The number of aromatic nitrogens is 4. The van der Waals surface area contributed by atoms with Crippen LogP contribution in [0.3, 0.4) is 0 Å². The van der Waals surface area contributed by atoms with Crippen molar-refractivity contribution < 1.29 is 9.53 Å². The number of tetrazole rings is 1. The third kappa shape index (κ3) is 3.37. The summed E-state index contributed by atoms with van der Waals surface area (Å²) in [4.78, 5) is 12.4. The zero-order valence-corrected chi connectivity index (χ0v) is 13.7. The summed E-state index contributed by atoms with van der Waals surface area (Å²) in [6.45, 7) is 0. The second-order valence-electron chi connectivity index (χ2n) is 4.61. The van der Waals surface area contributed by atoms with E-state index in [4.69, 9.17) is 4.74 Å². The van der Waals surface area contributed by atoms with Gasteiger partial charge in [0.05, 0.1) is 12.8 Å². The molecule has 0 atom stereocenters. The number of amides is 1. The number of anilines is 1. The maximum absolute atomic E-state index is 12.4. The van der Waals surface area contributed by atoms with Crippen LogP contribution in [-0.4, -0.2) is 33.6 Å². The van der Waals surface area contributed by atoms with E-state index in [1.165, 1.54) is 0 Å². The van der Waals surface area contributed by atoms with E-state index in [-0.39, 0.29) is 5.91 Å². The number of carbonyl (C=O) groups excluding carboxylic acids is 1. The summed E-state index contributed by atoms with van der Waals surface area (Å²) in [6.07, 6.45) is 0. The average molecular weight is 374 g/mol. The lowest BCUT2D eigenvalue weighted by molar-refractivity contribution is 0.102. The van der Waals surface area contributed by atoms with Crippen molar-refractivity contribution in [3.63, 3.8) is 0 Å². The standard InChI is InChI=1S/C15H12BrN5O2/c1-23-11-4-2-3-9(7-11)15(22)17-13-6-5-10(16)8-12(13)14-18-20-21-19-14/h2-8H,1H3,(H,17,22)(H,18,19,20,21). The quantitative estimate of drug-likeness (QED) is 0.733. The van der Waals surface area contributed by atoms with Crippen LogP contribution >= 0.6 is 15.9 Å². The van der Waals surface area contributed by atoms with E-state index in [0.29, 0.717) is 28.4 Å². The number of methoxy groups -OCH3 is 1. The van der Waals surface area contributed by atoms with Gasteiger partial charge in [0.25, 0.3) is 5.91 Å². The summed E-state index contributed by atoms with van der Waals surface area (Å²) < 4.78 is 5.98. The number of nitrogens with one attached hydrogen (secondary N) is 2. The van der Waals surface area contributed by atoms with Crippen molar-refractivity contribution in [1.82, 2.24) is 20.6 Å². The van der Waals surface area contributed by atoms with Crippen LogP contribution in [0.5, 0.6) is 5.75 Å². The number of ether oxygens (including phenoxy) is 1. The Kier molecular flexibility index (Phi) is 4.33. The number of H-pyrrole nitrogens is 1. The highest BCUT2D eigenvalue weighted by Gasteiger charge is 2.14. The molecule has 0 fully saturated rings. The number of nitrogens with zero attached hydrogens (tertiary/aromatic N) is 3. The SMILES string of the molecule is COc1cccc(C(=O)Nc2ccc(Br)cc2-c2nn[nH]n2)c1. The number of carbonyl (C=O) groups is 1. The number of aromatic amines is 1. The van der Waals surface area contributed by atoms with E-state index in [2.05, 4.69) is 41.9 Å². The first kappa shape index (κ1) is 15.2. The number of hydrogen-bond donors (Lipinski definition) is 2. The van der Waals surface area contributed by atoms with Crippen LogP contribution in [0.2, 0.25) is 0 Å². The molecule has 0 spiro atoms.